The minimum absolute atomic E-state index is 0.00927. The Morgan fingerprint density at radius 2 is 1.71 bits per heavy atom. The fourth-order valence-corrected chi connectivity index (χ4v) is 3.41. The Bertz CT molecular complexity index is 788. The lowest BCUT2D eigenvalue weighted by Crippen LogP contribution is -2.43. The summed E-state index contributed by atoms with van der Waals surface area (Å²) in [6, 6.07) is 13.6. The highest BCUT2D eigenvalue weighted by molar-refractivity contribution is 5.84. The highest BCUT2D eigenvalue weighted by Crippen LogP contribution is 2.14. The van der Waals surface area contributed by atoms with E-state index in [1.54, 1.807) is 16.9 Å². The third-order valence-electron chi connectivity index (χ3n) is 5.20. The summed E-state index contributed by atoms with van der Waals surface area (Å²) in [5.74, 6) is 1.45. The maximum Gasteiger partial charge on any atom is 0.242 e. The fraction of sp³-hybridized carbons (Fsp3) is 0.520. The summed E-state index contributed by atoms with van der Waals surface area (Å²) in [7, 11) is 1.60. The van der Waals surface area contributed by atoms with Crippen LogP contribution in [0, 0.1) is 6.92 Å². The lowest BCUT2D eigenvalue weighted by Gasteiger charge is -2.27. The molecular weight excluding hydrogens is 392 g/mol. The van der Waals surface area contributed by atoms with Crippen molar-refractivity contribution < 1.29 is 18.7 Å². The summed E-state index contributed by atoms with van der Waals surface area (Å²) in [5.41, 5.74) is 1.04. The van der Waals surface area contributed by atoms with Gasteiger partial charge < -0.3 is 19.0 Å². The molecule has 1 aromatic heterocycles. The number of benzene rings is 1. The molecule has 0 unspecified atom stereocenters. The smallest absolute Gasteiger partial charge is 0.242 e. The maximum atomic E-state index is 13.3. The second-order valence-corrected chi connectivity index (χ2v) is 7.87. The molecule has 2 rings (SSSR count). The first-order valence-electron chi connectivity index (χ1n) is 11.2. The highest BCUT2D eigenvalue weighted by Gasteiger charge is 2.22. The first-order chi connectivity index (χ1) is 15.0. The van der Waals surface area contributed by atoms with Crippen LogP contribution in [-0.2, 0) is 27.4 Å². The Hall–Kier alpha value is -2.60. The van der Waals surface area contributed by atoms with Crippen molar-refractivity contribution in [2.45, 2.75) is 59.0 Å². The van der Waals surface area contributed by atoms with Gasteiger partial charge in [-0.2, -0.15) is 0 Å². The van der Waals surface area contributed by atoms with Gasteiger partial charge in [0.2, 0.25) is 11.8 Å². The number of methoxy groups -OCH3 is 1. The van der Waals surface area contributed by atoms with Gasteiger partial charge >= 0.3 is 0 Å². The van der Waals surface area contributed by atoms with Crippen molar-refractivity contribution >= 4 is 11.8 Å². The molecule has 0 aliphatic carbocycles. The largest absolute Gasteiger partial charge is 0.464 e. The van der Waals surface area contributed by atoms with Crippen molar-refractivity contribution in [1.82, 2.24) is 9.80 Å². The van der Waals surface area contributed by atoms with Crippen LogP contribution in [0.3, 0.4) is 0 Å². The molecule has 0 atom stereocenters. The molecule has 0 saturated carbocycles. The first-order valence-corrected chi connectivity index (χ1v) is 11.2. The number of carbonyl (C=O) groups is 2. The topological polar surface area (TPSA) is 63.0 Å². The van der Waals surface area contributed by atoms with Crippen LogP contribution in [0.2, 0.25) is 0 Å². The summed E-state index contributed by atoms with van der Waals surface area (Å²) < 4.78 is 10.9. The lowest BCUT2D eigenvalue weighted by atomic mass is 10.1. The number of furan rings is 1. The van der Waals surface area contributed by atoms with Crippen LogP contribution in [0.5, 0.6) is 0 Å². The highest BCUT2D eigenvalue weighted by atomic mass is 16.5. The van der Waals surface area contributed by atoms with E-state index >= 15 is 0 Å². The number of rotatable bonds is 14. The van der Waals surface area contributed by atoms with Crippen LogP contribution in [-0.4, -0.2) is 48.4 Å². The Morgan fingerprint density at radius 3 is 2.35 bits per heavy atom. The van der Waals surface area contributed by atoms with Crippen molar-refractivity contribution in [2.24, 2.45) is 0 Å². The number of amides is 2. The molecule has 2 aromatic rings. The van der Waals surface area contributed by atoms with Crippen LogP contribution in [0.4, 0.5) is 0 Å². The molecule has 0 aliphatic heterocycles. The van der Waals surface area contributed by atoms with Gasteiger partial charge in [0.25, 0.3) is 0 Å². The van der Waals surface area contributed by atoms with Gasteiger partial charge in [-0.25, -0.2) is 0 Å². The SMILES string of the molecule is CCCCCCC(=O)N(CCOC)CC(=O)N(Cc1ccccc1)Cc1ccc(C)o1. The zero-order chi connectivity index (χ0) is 22.5. The summed E-state index contributed by atoms with van der Waals surface area (Å²) in [6.07, 6.45) is 4.60. The summed E-state index contributed by atoms with van der Waals surface area (Å²) in [4.78, 5) is 29.4. The molecule has 0 radical (unpaired) electrons. The summed E-state index contributed by atoms with van der Waals surface area (Å²) in [6.45, 7) is 5.72. The molecule has 0 bridgehead atoms. The predicted molar refractivity (Wildman–Crippen MR) is 121 cm³/mol. The van der Waals surface area contributed by atoms with Crippen molar-refractivity contribution in [3.63, 3.8) is 0 Å². The zero-order valence-electron chi connectivity index (χ0n) is 19.1. The van der Waals surface area contributed by atoms with Gasteiger partial charge in [0.15, 0.2) is 0 Å². The van der Waals surface area contributed by atoms with Crippen LogP contribution < -0.4 is 0 Å². The molecule has 1 heterocycles. The third kappa shape index (κ3) is 8.97. The van der Waals surface area contributed by atoms with Gasteiger partial charge in [0.05, 0.1) is 19.7 Å². The first kappa shape index (κ1) is 24.7. The molecular formula is C25H36N2O4. The number of hydrogen-bond donors (Lipinski definition) is 0. The number of nitrogens with zero attached hydrogens (tertiary/aromatic N) is 2. The fourth-order valence-electron chi connectivity index (χ4n) is 3.41. The normalized spacial score (nSPS) is 10.8. The Morgan fingerprint density at radius 1 is 0.935 bits per heavy atom. The number of aryl methyl sites for hydroxylation is 1. The Balaban J connectivity index is 2.08. The second kappa shape index (κ2) is 13.7. The number of ether oxygens (including phenoxy) is 1. The monoisotopic (exact) mass is 428 g/mol. The van der Waals surface area contributed by atoms with Crippen LogP contribution >= 0.6 is 0 Å². The minimum Gasteiger partial charge on any atom is -0.464 e. The van der Waals surface area contributed by atoms with Crippen LogP contribution in [0.25, 0.3) is 0 Å². The lowest BCUT2D eigenvalue weighted by molar-refractivity contribution is -0.142. The average molecular weight is 429 g/mol. The number of hydrogen-bond acceptors (Lipinski definition) is 4. The zero-order valence-corrected chi connectivity index (χ0v) is 19.1. The second-order valence-electron chi connectivity index (χ2n) is 7.87. The van der Waals surface area contributed by atoms with Crippen molar-refractivity contribution in [3.8, 4) is 0 Å². The predicted octanol–water partition coefficient (Wildman–Crippen LogP) is 4.56. The van der Waals surface area contributed by atoms with E-state index in [4.69, 9.17) is 9.15 Å². The van der Waals surface area contributed by atoms with E-state index in [2.05, 4.69) is 6.92 Å². The van der Waals surface area contributed by atoms with Gasteiger partial charge in [-0.1, -0.05) is 56.5 Å². The van der Waals surface area contributed by atoms with Gasteiger partial charge in [0.1, 0.15) is 11.5 Å². The molecule has 0 aliphatic rings. The van der Waals surface area contributed by atoms with Crippen molar-refractivity contribution in [2.75, 3.05) is 26.8 Å². The molecule has 0 N–H and O–H groups in total. The molecule has 0 saturated heterocycles. The molecule has 0 fully saturated rings. The summed E-state index contributed by atoms with van der Waals surface area (Å²) >= 11 is 0. The van der Waals surface area contributed by atoms with E-state index in [0.29, 0.717) is 32.7 Å². The van der Waals surface area contributed by atoms with Gasteiger partial charge in [-0.05, 0) is 31.0 Å². The maximum absolute atomic E-state index is 13.3. The van der Waals surface area contributed by atoms with Crippen LogP contribution in [0.15, 0.2) is 46.9 Å². The Labute approximate surface area is 186 Å². The van der Waals surface area contributed by atoms with E-state index in [1.807, 2.05) is 49.4 Å². The molecule has 170 valence electrons. The Kier molecular flexibility index (Phi) is 10.9. The van der Waals surface area contributed by atoms with Gasteiger partial charge in [-0.15, -0.1) is 0 Å². The van der Waals surface area contributed by atoms with Crippen molar-refractivity contribution in [3.05, 3.63) is 59.5 Å². The van der Waals surface area contributed by atoms with Crippen LogP contribution in [0.1, 0.15) is 56.1 Å². The molecule has 0 spiro atoms. The molecule has 1 aromatic carbocycles. The van der Waals surface area contributed by atoms with Crippen molar-refractivity contribution in [1.29, 1.82) is 0 Å². The quantitative estimate of drug-likeness (QED) is 0.414. The van der Waals surface area contributed by atoms with Gasteiger partial charge in [0, 0.05) is 26.6 Å². The minimum atomic E-state index is -0.101. The molecule has 2 amide bonds. The van der Waals surface area contributed by atoms with E-state index in [1.165, 1.54) is 0 Å². The van der Waals surface area contributed by atoms with E-state index < -0.39 is 0 Å². The van der Waals surface area contributed by atoms with E-state index in [-0.39, 0.29) is 18.4 Å². The molecule has 31 heavy (non-hydrogen) atoms. The number of unbranched alkanes of at least 4 members (excludes halogenated alkanes) is 3. The molecule has 6 nitrogen and oxygen atoms in total. The third-order valence-corrected chi connectivity index (χ3v) is 5.20. The van der Waals surface area contributed by atoms with E-state index in [0.717, 1.165) is 42.8 Å². The average Bonchev–Trinajstić information content (AvgIpc) is 3.18. The standard InChI is InChI=1S/C25H36N2O4/c1-4-5-6-10-13-24(28)26(16-17-30-3)20-25(29)27(18-22-11-8-7-9-12-22)19-23-15-14-21(2)31-23/h7-9,11-12,14-15H,4-6,10,13,16-20H2,1-3H3. The summed E-state index contributed by atoms with van der Waals surface area (Å²) in [5, 5.41) is 0. The van der Waals surface area contributed by atoms with E-state index in [9.17, 15) is 9.59 Å². The molecule has 6 heteroatoms. The van der Waals surface area contributed by atoms with Gasteiger partial charge in [-0.3, -0.25) is 9.59 Å². The number of carbonyl (C=O) groups excluding carboxylic acids is 2.